The second kappa shape index (κ2) is 17.9. The van der Waals surface area contributed by atoms with Crippen LogP contribution >= 0.6 is 11.6 Å². The summed E-state index contributed by atoms with van der Waals surface area (Å²) in [5.74, 6) is -0.837. The minimum absolute atomic E-state index is 0.264. The second-order valence-electron chi connectivity index (χ2n) is 8.82. The van der Waals surface area contributed by atoms with Gasteiger partial charge in [0.15, 0.2) is 5.78 Å². The number of carbonyl (C=O) groups excluding carboxylic acids is 2. The molecule has 0 fully saturated rings. The first-order valence-corrected chi connectivity index (χ1v) is 13.1. The van der Waals surface area contributed by atoms with Crippen LogP contribution in [0.4, 0.5) is 5.69 Å². The lowest BCUT2D eigenvalue weighted by molar-refractivity contribution is -0.141. The number of hydrogen-bond donors (Lipinski definition) is 1. The van der Waals surface area contributed by atoms with Gasteiger partial charge in [0.1, 0.15) is 6.42 Å². The molecule has 182 valence electrons. The van der Waals surface area contributed by atoms with E-state index >= 15 is 0 Å². The topological polar surface area (TPSA) is 55.4 Å². The SMILES string of the molecule is CCCCCCCCCCCCCCC(C)Nc1ccc(C(=O)CC(=O)OCC)c(Cl)c1. The van der Waals surface area contributed by atoms with Gasteiger partial charge in [-0.2, -0.15) is 0 Å². The Morgan fingerprint density at radius 1 is 0.906 bits per heavy atom. The number of benzene rings is 1. The Morgan fingerprint density at radius 2 is 1.47 bits per heavy atom. The number of halogens is 1. The number of carbonyl (C=O) groups is 2. The van der Waals surface area contributed by atoms with Crippen molar-refractivity contribution in [3.05, 3.63) is 28.8 Å². The molecule has 1 aromatic rings. The van der Waals surface area contributed by atoms with Crippen molar-refractivity contribution in [2.24, 2.45) is 0 Å². The van der Waals surface area contributed by atoms with Crippen molar-refractivity contribution in [3.8, 4) is 0 Å². The van der Waals surface area contributed by atoms with Crippen LogP contribution in [0.3, 0.4) is 0 Å². The molecule has 0 aliphatic heterocycles. The van der Waals surface area contributed by atoms with E-state index in [1.807, 2.05) is 6.07 Å². The third kappa shape index (κ3) is 13.1. The van der Waals surface area contributed by atoms with Gasteiger partial charge in [-0.15, -0.1) is 0 Å². The summed E-state index contributed by atoms with van der Waals surface area (Å²) in [5.41, 5.74) is 1.26. The predicted octanol–water partition coefficient (Wildman–Crippen LogP) is 8.37. The van der Waals surface area contributed by atoms with Gasteiger partial charge in [-0.3, -0.25) is 9.59 Å². The molecule has 0 radical (unpaired) electrons. The van der Waals surface area contributed by atoms with Gasteiger partial charge < -0.3 is 10.1 Å². The van der Waals surface area contributed by atoms with Gasteiger partial charge >= 0.3 is 5.97 Å². The van der Waals surface area contributed by atoms with Gasteiger partial charge in [0, 0.05) is 17.3 Å². The van der Waals surface area contributed by atoms with Gasteiger partial charge in [-0.1, -0.05) is 95.6 Å². The molecule has 0 aliphatic rings. The van der Waals surface area contributed by atoms with Crippen LogP contribution < -0.4 is 5.32 Å². The maximum Gasteiger partial charge on any atom is 0.313 e. The summed E-state index contributed by atoms with van der Waals surface area (Å²) < 4.78 is 4.83. The third-order valence-electron chi connectivity index (χ3n) is 5.78. The van der Waals surface area contributed by atoms with E-state index in [2.05, 4.69) is 19.2 Å². The summed E-state index contributed by atoms with van der Waals surface area (Å²) in [7, 11) is 0. The van der Waals surface area contributed by atoms with Gasteiger partial charge in [0.05, 0.1) is 11.6 Å². The zero-order chi connectivity index (χ0) is 23.6. The standard InChI is InChI=1S/C27H44ClNO3/c1-4-6-7-8-9-10-11-12-13-14-15-16-17-22(3)29-23-18-19-24(25(28)20-23)26(30)21-27(31)32-5-2/h18-20,22,29H,4-17,21H2,1-3H3. The van der Waals surface area contributed by atoms with E-state index in [-0.39, 0.29) is 18.8 Å². The van der Waals surface area contributed by atoms with Crippen molar-refractivity contribution in [3.63, 3.8) is 0 Å². The van der Waals surface area contributed by atoms with Crippen molar-refractivity contribution in [2.45, 2.75) is 117 Å². The molecule has 1 N–H and O–H groups in total. The van der Waals surface area contributed by atoms with Crippen molar-refractivity contribution >= 4 is 29.0 Å². The smallest absolute Gasteiger partial charge is 0.313 e. The van der Waals surface area contributed by atoms with Crippen molar-refractivity contribution in [1.29, 1.82) is 0 Å². The molecule has 1 rings (SSSR count). The Bertz CT molecular complexity index is 662. The average Bonchev–Trinajstić information content (AvgIpc) is 2.74. The van der Waals surface area contributed by atoms with Gasteiger partial charge in [0.2, 0.25) is 0 Å². The van der Waals surface area contributed by atoms with Crippen LogP contribution in [0, 0.1) is 0 Å². The van der Waals surface area contributed by atoms with E-state index in [4.69, 9.17) is 16.3 Å². The van der Waals surface area contributed by atoms with Crippen molar-refractivity contribution in [1.82, 2.24) is 0 Å². The first kappa shape index (κ1) is 28.5. The quantitative estimate of drug-likeness (QED) is 0.0964. The molecule has 0 spiro atoms. The minimum Gasteiger partial charge on any atom is -0.466 e. The molecule has 1 unspecified atom stereocenters. The van der Waals surface area contributed by atoms with Crippen LogP contribution in [0.15, 0.2) is 18.2 Å². The fourth-order valence-corrected chi connectivity index (χ4v) is 4.20. The van der Waals surface area contributed by atoms with Crippen LogP contribution in [0.2, 0.25) is 5.02 Å². The highest BCUT2D eigenvalue weighted by atomic mass is 35.5. The van der Waals surface area contributed by atoms with Crippen LogP contribution in [0.5, 0.6) is 0 Å². The van der Waals surface area contributed by atoms with Crippen molar-refractivity contribution < 1.29 is 14.3 Å². The maximum absolute atomic E-state index is 12.2. The lowest BCUT2D eigenvalue weighted by atomic mass is 10.0. The van der Waals surface area contributed by atoms with Crippen LogP contribution in [-0.4, -0.2) is 24.4 Å². The summed E-state index contributed by atoms with van der Waals surface area (Å²) in [5, 5.41) is 3.83. The first-order chi connectivity index (χ1) is 15.5. The fraction of sp³-hybridized carbons (Fsp3) is 0.704. The Morgan fingerprint density at radius 3 is 2.00 bits per heavy atom. The molecule has 32 heavy (non-hydrogen) atoms. The molecule has 1 atom stereocenters. The number of rotatable bonds is 19. The number of nitrogens with one attached hydrogen (secondary N) is 1. The molecule has 0 aromatic heterocycles. The highest BCUT2D eigenvalue weighted by Gasteiger charge is 2.16. The normalized spacial score (nSPS) is 11.9. The Kier molecular flexibility index (Phi) is 16.0. The van der Waals surface area contributed by atoms with Gasteiger partial charge in [-0.25, -0.2) is 0 Å². The average molecular weight is 466 g/mol. The lowest BCUT2D eigenvalue weighted by Crippen LogP contribution is -2.15. The second-order valence-corrected chi connectivity index (χ2v) is 9.23. The maximum atomic E-state index is 12.2. The molecule has 0 heterocycles. The molecule has 0 bridgehead atoms. The molecule has 0 saturated heterocycles. The van der Waals surface area contributed by atoms with Crippen molar-refractivity contribution in [2.75, 3.05) is 11.9 Å². The summed E-state index contributed by atoms with van der Waals surface area (Å²) >= 11 is 6.28. The number of ether oxygens (including phenoxy) is 1. The van der Waals surface area contributed by atoms with E-state index in [1.54, 1.807) is 19.1 Å². The molecule has 0 amide bonds. The Balaban J connectivity index is 2.17. The summed E-state index contributed by atoms with van der Waals surface area (Å²) in [4.78, 5) is 23.7. The number of ketones is 1. The highest BCUT2D eigenvalue weighted by molar-refractivity contribution is 6.34. The number of anilines is 1. The lowest BCUT2D eigenvalue weighted by Gasteiger charge is -2.16. The number of hydrogen-bond acceptors (Lipinski definition) is 4. The van der Waals surface area contributed by atoms with E-state index in [0.29, 0.717) is 16.6 Å². The summed E-state index contributed by atoms with van der Waals surface area (Å²) in [6, 6.07) is 5.64. The predicted molar refractivity (Wildman–Crippen MR) is 136 cm³/mol. The zero-order valence-electron chi connectivity index (χ0n) is 20.5. The largest absolute Gasteiger partial charge is 0.466 e. The molecule has 5 heteroatoms. The van der Waals surface area contributed by atoms with Crippen LogP contribution in [-0.2, 0) is 9.53 Å². The van der Waals surface area contributed by atoms with E-state index in [1.165, 1.54) is 77.0 Å². The van der Waals surface area contributed by atoms with Crippen LogP contribution in [0.1, 0.15) is 121 Å². The Hall–Kier alpha value is -1.55. The first-order valence-electron chi connectivity index (χ1n) is 12.7. The summed E-state index contributed by atoms with van der Waals surface area (Å²) in [6.07, 6.45) is 17.1. The van der Waals surface area contributed by atoms with Gasteiger partial charge in [-0.05, 0) is 38.5 Å². The number of esters is 1. The molecule has 4 nitrogen and oxygen atoms in total. The number of Topliss-reactive ketones (excluding diaryl/α,β-unsaturated/α-hetero) is 1. The monoisotopic (exact) mass is 465 g/mol. The molecular weight excluding hydrogens is 422 g/mol. The van der Waals surface area contributed by atoms with E-state index in [9.17, 15) is 9.59 Å². The molecule has 0 aliphatic carbocycles. The Labute approximate surface area is 200 Å². The van der Waals surface area contributed by atoms with Crippen LogP contribution in [0.25, 0.3) is 0 Å². The zero-order valence-corrected chi connectivity index (χ0v) is 21.3. The number of unbranched alkanes of at least 4 members (excludes halogenated alkanes) is 11. The minimum atomic E-state index is -0.521. The van der Waals surface area contributed by atoms with E-state index in [0.717, 1.165) is 12.1 Å². The third-order valence-corrected chi connectivity index (χ3v) is 6.10. The summed E-state index contributed by atoms with van der Waals surface area (Å²) in [6.45, 7) is 6.42. The fourth-order valence-electron chi connectivity index (χ4n) is 3.92. The molecule has 1 aromatic carbocycles. The molecular formula is C27H44ClNO3. The molecule has 0 saturated carbocycles. The highest BCUT2D eigenvalue weighted by Crippen LogP contribution is 2.24. The van der Waals surface area contributed by atoms with Gasteiger partial charge in [0.25, 0.3) is 0 Å². The van der Waals surface area contributed by atoms with E-state index < -0.39 is 5.97 Å².